The van der Waals surface area contributed by atoms with Crippen LogP contribution in [0.2, 0.25) is 5.02 Å². The molecule has 7 heteroatoms. The molecule has 0 saturated heterocycles. The van der Waals surface area contributed by atoms with Gasteiger partial charge in [-0.05, 0) is 68.0 Å². The summed E-state index contributed by atoms with van der Waals surface area (Å²) in [5.41, 5.74) is 2.59. The molecule has 0 aliphatic carbocycles. The lowest BCUT2D eigenvalue weighted by Crippen LogP contribution is -2.34. The Balaban J connectivity index is 1.92. The fourth-order valence-electron chi connectivity index (χ4n) is 3.16. The van der Waals surface area contributed by atoms with E-state index in [4.69, 9.17) is 16.3 Å². The van der Waals surface area contributed by atoms with E-state index in [9.17, 15) is 13.2 Å². The van der Waals surface area contributed by atoms with Crippen molar-refractivity contribution in [2.75, 3.05) is 26.0 Å². The fraction of sp³-hybridized carbons (Fsp3) is 0.409. The third-order valence-electron chi connectivity index (χ3n) is 4.74. The van der Waals surface area contributed by atoms with Gasteiger partial charge in [-0.15, -0.1) is 0 Å². The number of ether oxygens (including phenoxy) is 1. The highest BCUT2D eigenvalue weighted by Gasteiger charge is 2.19. The van der Waals surface area contributed by atoms with Crippen molar-refractivity contribution in [2.45, 2.75) is 32.6 Å². The molecule has 0 radical (unpaired) electrons. The standard InChI is InChI=1S/C22H28ClNO4S/c1-3-29(26,27)24(15-7-11-19-9-5-13-21(23)17-19)14-6-10-18-8-4-12-20(16-18)22(25)28-2/h4-5,8-9,12-13,16-17H,3,6-7,10-11,14-15H2,1-2H3. The summed E-state index contributed by atoms with van der Waals surface area (Å²) in [7, 11) is -1.92. The van der Waals surface area contributed by atoms with Crippen LogP contribution >= 0.6 is 11.6 Å². The van der Waals surface area contributed by atoms with E-state index in [-0.39, 0.29) is 11.7 Å². The predicted molar refractivity (Wildman–Crippen MR) is 117 cm³/mol. The van der Waals surface area contributed by atoms with Gasteiger partial charge in [-0.2, -0.15) is 0 Å². The largest absolute Gasteiger partial charge is 0.465 e. The maximum Gasteiger partial charge on any atom is 0.337 e. The number of hydrogen-bond acceptors (Lipinski definition) is 4. The van der Waals surface area contributed by atoms with Crippen LogP contribution in [-0.2, 0) is 27.6 Å². The summed E-state index contributed by atoms with van der Waals surface area (Å²) < 4.78 is 31.2. The average molecular weight is 438 g/mol. The Kier molecular flexibility index (Phi) is 9.14. The highest BCUT2D eigenvalue weighted by Crippen LogP contribution is 2.14. The van der Waals surface area contributed by atoms with Crippen molar-refractivity contribution in [1.29, 1.82) is 0 Å². The van der Waals surface area contributed by atoms with Crippen LogP contribution in [0, 0.1) is 0 Å². The third kappa shape index (κ3) is 7.46. The van der Waals surface area contributed by atoms with E-state index in [1.54, 1.807) is 23.4 Å². The molecule has 2 aromatic rings. The van der Waals surface area contributed by atoms with E-state index in [1.807, 2.05) is 36.4 Å². The van der Waals surface area contributed by atoms with Crippen molar-refractivity contribution in [3.8, 4) is 0 Å². The van der Waals surface area contributed by atoms with Gasteiger partial charge >= 0.3 is 5.97 Å². The molecule has 0 bridgehead atoms. The van der Waals surface area contributed by atoms with Gasteiger partial charge in [0.25, 0.3) is 0 Å². The molecule has 0 unspecified atom stereocenters. The molecule has 2 rings (SSSR count). The number of carbonyl (C=O) groups is 1. The summed E-state index contributed by atoms with van der Waals surface area (Å²) in [6.07, 6.45) is 2.88. The molecule has 158 valence electrons. The number of methoxy groups -OCH3 is 1. The molecule has 5 nitrogen and oxygen atoms in total. The van der Waals surface area contributed by atoms with Crippen molar-refractivity contribution >= 4 is 27.6 Å². The Hall–Kier alpha value is -1.89. The second-order valence-electron chi connectivity index (χ2n) is 6.83. The van der Waals surface area contributed by atoms with Gasteiger partial charge in [-0.25, -0.2) is 17.5 Å². The normalized spacial score (nSPS) is 11.6. The number of halogens is 1. The Morgan fingerprint density at radius 3 is 2.14 bits per heavy atom. The minimum atomic E-state index is -3.27. The topological polar surface area (TPSA) is 63.7 Å². The highest BCUT2D eigenvalue weighted by molar-refractivity contribution is 7.89. The van der Waals surface area contributed by atoms with E-state index in [0.717, 1.165) is 24.0 Å². The van der Waals surface area contributed by atoms with E-state index >= 15 is 0 Å². The van der Waals surface area contributed by atoms with E-state index < -0.39 is 10.0 Å². The Morgan fingerprint density at radius 1 is 1.00 bits per heavy atom. The number of aryl methyl sites for hydroxylation is 2. The van der Waals surface area contributed by atoms with Gasteiger partial charge < -0.3 is 4.74 Å². The maximum atomic E-state index is 12.5. The molecule has 0 amide bonds. The van der Waals surface area contributed by atoms with Crippen LogP contribution in [-0.4, -0.2) is 44.6 Å². The molecular weight excluding hydrogens is 410 g/mol. The molecule has 0 aliphatic heterocycles. The van der Waals surface area contributed by atoms with Crippen LogP contribution in [0.3, 0.4) is 0 Å². The van der Waals surface area contributed by atoms with Crippen molar-refractivity contribution < 1.29 is 17.9 Å². The van der Waals surface area contributed by atoms with Crippen LogP contribution < -0.4 is 0 Å². The number of hydrogen-bond donors (Lipinski definition) is 0. The second kappa shape index (κ2) is 11.3. The van der Waals surface area contributed by atoms with Crippen LogP contribution in [0.5, 0.6) is 0 Å². The van der Waals surface area contributed by atoms with Crippen molar-refractivity contribution in [1.82, 2.24) is 4.31 Å². The smallest absolute Gasteiger partial charge is 0.337 e. The Bertz CT molecular complexity index is 915. The minimum absolute atomic E-state index is 0.0853. The molecule has 2 aromatic carbocycles. The van der Waals surface area contributed by atoms with Gasteiger partial charge in [0.15, 0.2) is 0 Å². The summed E-state index contributed by atoms with van der Waals surface area (Å²) >= 11 is 6.01. The van der Waals surface area contributed by atoms with Gasteiger partial charge in [0.1, 0.15) is 0 Å². The molecule has 0 saturated carbocycles. The number of benzene rings is 2. The van der Waals surface area contributed by atoms with Gasteiger partial charge in [-0.3, -0.25) is 0 Å². The van der Waals surface area contributed by atoms with Crippen molar-refractivity contribution in [2.24, 2.45) is 0 Å². The van der Waals surface area contributed by atoms with Gasteiger partial charge in [0, 0.05) is 18.1 Å². The average Bonchev–Trinajstić information content (AvgIpc) is 2.72. The molecule has 0 aromatic heterocycles. The molecule has 0 N–H and O–H groups in total. The molecule has 0 heterocycles. The number of nitrogens with zero attached hydrogens (tertiary/aromatic N) is 1. The monoisotopic (exact) mass is 437 g/mol. The van der Waals surface area contributed by atoms with Crippen LogP contribution in [0.1, 0.15) is 41.3 Å². The molecular formula is C22H28ClNO4S. The molecule has 29 heavy (non-hydrogen) atoms. The summed E-state index contributed by atoms with van der Waals surface area (Å²) in [5.74, 6) is -0.287. The highest BCUT2D eigenvalue weighted by atomic mass is 35.5. The van der Waals surface area contributed by atoms with E-state index in [0.29, 0.717) is 36.5 Å². The Labute approximate surface area is 178 Å². The Morgan fingerprint density at radius 2 is 1.59 bits per heavy atom. The zero-order valence-corrected chi connectivity index (χ0v) is 18.5. The lowest BCUT2D eigenvalue weighted by atomic mass is 10.1. The summed E-state index contributed by atoms with van der Waals surface area (Å²) in [4.78, 5) is 11.7. The molecule has 0 fully saturated rings. The molecule has 0 aliphatic rings. The number of rotatable bonds is 11. The third-order valence-corrected chi connectivity index (χ3v) is 6.86. The predicted octanol–water partition coefficient (Wildman–Crippen LogP) is 4.34. The van der Waals surface area contributed by atoms with Crippen molar-refractivity contribution in [3.63, 3.8) is 0 Å². The minimum Gasteiger partial charge on any atom is -0.465 e. The first kappa shape index (κ1) is 23.4. The van der Waals surface area contributed by atoms with Gasteiger partial charge in [0.05, 0.1) is 18.4 Å². The SMILES string of the molecule is CCS(=O)(=O)N(CCCc1cccc(Cl)c1)CCCc1cccc(C(=O)OC)c1. The van der Waals surface area contributed by atoms with Gasteiger partial charge in [-0.1, -0.05) is 35.9 Å². The van der Waals surface area contributed by atoms with Crippen molar-refractivity contribution in [3.05, 3.63) is 70.2 Å². The van der Waals surface area contributed by atoms with Crippen LogP contribution in [0.15, 0.2) is 48.5 Å². The molecule has 0 atom stereocenters. The van der Waals surface area contributed by atoms with Crippen LogP contribution in [0.25, 0.3) is 0 Å². The fourth-order valence-corrected chi connectivity index (χ4v) is 4.55. The quantitative estimate of drug-likeness (QED) is 0.490. The first-order valence-corrected chi connectivity index (χ1v) is 11.7. The summed E-state index contributed by atoms with van der Waals surface area (Å²) in [5, 5.41) is 0.690. The molecule has 0 spiro atoms. The zero-order chi connectivity index (χ0) is 21.3. The lowest BCUT2D eigenvalue weighted by Gasteiger charge is -2.21. The second-order valence-corrected chi connectivity index (χ2v) is 9.52. The first-order valence-electron chi connectivity index (χ1n) is 9.75. The van der Waals surface area contributed by atoms with E-state index in [1.165, 1.54) is 7.11 Å². The van der Waals surface area contributed by atoms with Crippen LogP contribution in [0.4, 0.5) is 0 Å². The summed E-state index contributed by atoms with van der Waals surface area (Å²) in [6, 6.07) is 14.9. The lowest BCUT2D eigenvalue weighted by molar-refractivity contribution is 0.0600. The number of sulfonamides is 1. The zero-order valence-electron chi connectivity index (χ0n) is 16.9. The summed E-state index contributed by atoms with van der Waals surface area (Å²) in [6.45, 7) is 2.60. The maximum absolute atomic E-state index is 12.5. The first-order chi connectivity index (χ1) is 13.9. The van der Waals surface area contributed by atoms with Gasteiger partial charge in [0.2, 0.25) is 10.0 Å². The number of carbonyl (C=O) groups excluding carboxylic acids is 1. The van der Waals surface area contributed by atoms with E-state index in [2.05, 4.69) is 0 Å². The number of esters is 1.